The zero-order valence-corrected chi connectivity index (χ0v) is 17.7. The van der Waals surface area contributed by atoms with Crippen LogP contribution in [0, 0.1) is 5.82 Å². The van der Waals surface area contributed by atoms with Gasteiger partial charge in [-0.05, 0) is 56.5 Å². The summed E-state index contributed by atoms with van der Waals surface area (Å²) in [7, 11) is -5.86. The highest BCUT2D eigenvalue weighted by Gasteiger charge is 2.53. The molecule has 0 aromatic heterocycles. The second-order valence-electron chi connectivity index (χ2n) is 8.47. The van der Waals surface area contributed by atoms with Crippen molar-refractivity contribution < 1.29 is 44.8 Å². The van der Waals surface area contributed by atoms with Gasteiger partial charge in [0.2, 0.25) is 0 Å². The molecule has 1 spiro atoms. The lowest BCUT2D eigenvalue weighted by atomic mass is 9.86. The van der Waals surface area contributed by atoms with E-state index < -0.39 is 38.9 Å². The summed E-state index contributed by atoms with van der Waals surface area (Å²) in [6.07, 6.45) is 0.636. The molecule has 3 aliphatic rings. The number of alkyl halides is 3. The second-order valence-corrected chi connectivity index (χ2v) is 10.0. The fourth-order valence-corrected chi connectivity index (χ4v) is 5.20. The SMILES string of the molecule is O=C(O)N1CC2(CC(N3CCC(c4cc(F)ccc4OS(=O)(=O)C(F)(F)F)CC3)CO2)C1. The van der Waals surface area contributed by atoms with Crippen LogP contribution >= 0.6 is 0 Å². The minimum atomic E-state index is -5.86. The Morgan fingerprint density at radius 1 is 1.22 bits per heavy atom. The van der Waals surface area contributed by atoms with E-state index in [0.717, 1.165) is 18.2 Å². The van der Waals surface area contributed by atoms with E-state index in [-0.39, 0.29) is 17.5 Å². The van der Waals surface area contributed by atoms with Crippen LogP contribution in [0.2, 0.25) is 0 Å². The summed E-state index contributed by atoms with van der Waals surface area (Å²) < 4.78 is 85.0. The fourth-order valence-electron chi connectivity index (χ4n) is 4.72. The van der Waals surface area contributed by atoms with Crippen molar-refractivity contribution in [1.29, 1.82) is 0 Å². The van der Waals surface area contributed by atoms with Crippen molar-refractivity contribution in [1.82, 2.24) is 9.80 Å². The molecular formula is C19H22F4N2O6S. The normalized spacial score (nSPS) is 24.5. The van der Waals surface area contributed by atoms with E-state index in [0.29, 0.717) is 52.0 Å². The van der Waals surface area contributed by atoms with Crippen LogP contribution in [0.3, 0.4) is 0 Å². The second kappa shape index (κ2) is 8.03. The third-order valence-electron chi connectivity index (χ3n) is 6.36. The zero-order chi connectivity index (χ0) is 23.3. The van der Waals surface area contributed by atoms with Gasteiger partial charge in [-0.15, -0.1) is 0 Å². The third kappa shape index (κ3) is 4.37. The molecule has 1 unspecified atom stereocenters. The molecule has 8 nitrogen and oxygen atoms in total. The number of hydrogen-bond acceptors (Lipinski definition) is 6. The quantitative estimate of drug-likeness (QED) is 0.401. The maximum Gasteiger partial charge on any atom is 0.534 e. The maximum atomic E-state index is 13.8. The Bertz CT molecular complexity index is 988. The van der Waals surface area contributed by atoms with Gasteiger partial charge >= 0.3 is 21.7 Å². The summed E-state index contributed by atoms with van der Waals surface area (Å²) in [6.45, 7) is 2.22. The first-order valence-corrected chi connectivity index (χ1v) is 11.5. The summed E-state index contributed by atoms with van der Waals surface area (Å²) in [5, 5.41) is 9.01. The molecule has 178 valence electrons. The largest absolute Gasteiger partial charge is 0.534 e. The van der Waals surface area contributed by atoms with E-state index in [1.807, 2.05) is 0 Å². The summed E-state index contributed by atoms with van der Waals surface area (Å²) in [6, 6.07) is 2.86. The molecule has 4 rings (SSSR count). The Labute approximate surface area is 181 Å². The lowest BCUT2D eigenvalue weighted by Gasteiger charge is -2.45. The number of likely N-dealkylation sites (tertiary alicyclic amines) is 2. The van der Waals surface area contributed by atoms with Crippen molar-refractivity contribution in [2.24, 2.45) is 0 Å². The Kier molecular flexibility index (Phi) is 5.78. The lowest BCUT2D eigenvalue weighted by molar-refractivity contribution is -0.0982. The van der Waals surface area contributed by atoms with Crippen LogP contribution in [0.4, 0.5) is 22.4 Å². The number of benzene rings is 1. The topological polar surface area (TPSA) is 96.4 Å². The van der Waals surface area contributed by atoms with Crippen LogP contribution in [0.15, 0.2) is 18.2 Å². The minimum absolute atomic E-state index is 0.0840. The molecule has 3 saturated heterocycles. The molecule has 3 heterocycles. The number of rotatable bonds is 4. The smallest absolute Gasteiger partial charge is 0.465 e. The highest BCUT2D eigenvalue weighted by Crippen LogP contribution is 2.41. The summed E-state index contributed by atoms with van der Waals surface area (Å²) in [5.74, 6) is -1.59. The van der Waals surface area contributed by atoms with Crippen molar-refractivity contribution in [2.75, 3.05) is 32.8 Å². The Morgan fingerprint density at radius 3 is 2.47 bits per heavy atom. The first-order chi connectivity index (χ1) is 14.9. The van der Waals surface area contributed by atoms with Crippen LogP contribution in [0.5, 0.6) is 5.75 Å². The first-order valence-electron chi connectivity index (χ1n) is 10.1. The Balaban J connectivity index is 1.40. The summed E-state index contributed by atoms with van der Waals surface area (Å²) >= 11 is 0. The molecule has 3 fully saturated rings. The van der Waals surface area contributed by atoms with Gasteiger partial charge in [0.15, 0.2) is 0 Å². The fraction of sp³-hybridized carbons (Fsp3) is 0.632. The molecule has 1 atom stereocenters. The van der Waals surface area contributed by atoms with Gasteiger partial charge in [0.05, 0.1) is 19.7 Å². The van der Waals surface area contributed by atoms with Crippen LogP contribution in [-0.2, 0) is 14.9 Å². The van der Waals surface area contributed by atoms with Crippen LogP contribution in [0.1, 0.15) is 30.7 Å². The summed E-state index contributed by atoms with van der Waals surface area (Å²) in [5.41, 5.74) is -5.96. The van der Waals surface area contributed by atoms with Gasteiger partial charge in [-0.25, -0.2) is 9.18 Å². The average molecular weight is 482 g/mol. The van der Waals surface area contributed by atoms with Gasteiger partial charge in [0, 0.05) is 11.6 Å². The van der Waals surface area contributed by atoms with E-state index in [4.69, 9.17) is 9.84 Å². The zero-order valence-electron chi connectivity index (χ0n) is 16.8. The molecule has 13 heteroatoms. The van der Waals surface area contributed by atoms with E-state index in [1.54, 1.807) is 0 Å². The molecule has 1 aromatic carbocycles. The molecule has 1 amide bonds. The highest BCUT2D eigenvalue weighted by atomic mass is 32.2. The molecule has 3 aliphatic heterocycles. The van der Waals surface area contributed by atoms with Gasteiger partial charge in [0.1, 0.15) is 17.2 Å². The Morgan fingerprint density at radius 2 is 1.88 bits per heavy atom. The van der Waals surface area contributed by atoms with Gasteiger partial charge < -0.3 is 18.9 Å². The number of hydrogen-bond donors (Lipinski definition) is 1. The lowest BCUT2D eigenvalue weighted by Crippen LogP contribution is -2.63. The number of carboxylic acid groups (broad SMARTS) is 1. The number of piperidine rings is 1. The van der Waals surface area contributed by atoms with Crippen LogP contribution in [0.25, 0.3) is 0 Å². The molecule has 0 radical (unpaired) electrons. The molecular weight excluding hydrogens is 460 g/mol. The maximum absolute atomic E-state index is 13.8. The van der Waals surface area contributed by atoms with Crippen molar-refractivity contribution in [2.45, 2.75) is 42.3 Å². The van der Waals surface area contributed by atoms with E-state index in [2.05, 4.69) is 9.08 Å². The van der Waals surface area contributed by atoms with E-state index in [1.165, 1.54) is 4.90 Å². The molecule has 1 aromatic rings. The summed E-state index contributed by atoms with van der Waals surface area (Å²) in [4.78, 5) is 14.4. The highest BCUT2D eigenvalue weighted by molar-refractivity contribution is 7.88. The van der Waals surface area contributed by atoms with Crippen molar-refractivity contribution in [3.63, 3.8) is 0 Å². The van der Waals surface area contributed by atoms with Gasteiger partial charge in [0.25, 0.3) is 0 Å². The molecule has 0 aliphatic carbocycles. The number of carbonyl (C=O) groups is 1. The molecule has 0 saturated carbocycles. The molecule has 32 heavy (non-hydrogen) atoms. The van der Waals surface area contributed by atoms with Crippen molar-refractivity contribution >= 4 is 16.2 Å². The predicted molar refractivity (Wildman–Crippen MR) is 102 cm³/mol. The molecule has 0 bridgehead atoms. The van der Waals surface area contributed by atoms with Crippen molar-refractivity contribution in [3.05, 3.63) is 29.6 Å². The van der Waals surface area contributed by atoms with Gasteiger partial charge in [-0.2, -0.15) is 21.6 Å². The predicted octanol–water partition coefficient (Wildman–Crippen LogP) is 2.75. The third-order valence-corrected chi connectivity index (χ3v) is 7.32. The number of nitrogens with zero attached hydrogens (tertiary/aromatic N) is 2. The van der Waals surface area contributed by atoms with Gasteiger partial charge in [-0.3, -0.25) is 4.90 Å². The monoisotopic (exact) mass is 482 g/mol. The van der Waals surface area contributed by atoms with E-state index in [9.17, 15) is 30.8 Å². The number of halogens is 4. The Hall–Kier alpha value is -2.12. The molecule has 1 N–H and O–H groups in total. The van der Waals surface area contributed by atoms with E-state index >= 15 is 0 Å². The number of amides is 1. The van der Waals surface area contributed by atoms with Crippen LogP contribution in [-0.4, -0.2) is 79.4 Å². The first kappa shape index (κ1) is 23.1. The minimum Gasteiger partial charge on any atom is -0.465 e. The van der Waals surface area contributed by atoms with Gasteiger partial charge in [-0.1, -0.05) is 0 Å². The standard InChI is InChI=1S/C19H22F4N2O6S/c20-13-1-2-16(31-32(28,29)19(21,22)23)15(7-13)12-3-5-24(6-4-12)14-8-18(30-9-14)10-25(11-18)17(26)27/h1-2,7,12,14H,3-6,8-11H2,(H,26,27). The van der Waals surface area contributed by atoms with Crippen LogP contribution < -0.4 is 4.18 Å². The number of ether oxygens (including phenoxy) is 1. The average Bonchev–Trinajstić information content (AvgIpc) is 3.13. The van der Waals surface area contributed by atoms with Crippen molar-refractivity contribution in [3.8, 4) is 5.75 Å².